The van der Waals surface area contributed by atoms with E-state index in [0.717, 1.165) is 31.2 Å². The monoisotopic (exact) mass is 483 g/mol. The van der Waals surface area contributed by atoms with Crippen LogP contribution in [0.5, 0.6) is 0 Å². The quantitative estimate of drug-likeness (QED) is 0.475. The molecular weight excluding hydrogens is 449 g/mol. The fourth-order valence-corrected chi connectivity index (χ4v) is 5.29. The molecule has 0 aromatic heterocycles. The van der Waals surface area contributed by atoms with Crippen LogP contribution in [0.2, 0.25) is 10.0 Å². The van der Waals surface area contributed by atoms with Crippen molar-refractivity contribution in [2.75, 3.05) is 14.1 Å². The Hall–Kier alpha value is -0.770. The van der Waals surface area contributed by atoms with E-state index >= 15 is 0 Å². The highest BCUT2D eigenvalue weighted by Gasteiger charge is 2.44. The van der Waals surface area contributed by atoms with Crippen molar-refractivity contribution in [3.05, 3.63) is 69.2 Å². The highest BCUT2D eigenvalue weighted by Crippen LogP contribution is 2.46. The minimum atomic E-state index is -0.747. The van der Waals surface area contributed by atoms with Crippen molar-refractivity contribution in [3.63, 3.8) is 0 Å². The summed E-state index contributed by atoms with van der Waals surface area (Å²) in [6.07, 6.45) is 4.70. The lowest BCUT2D eigenvalue weighted by atomic mass is 9.67. The van der Waals surface area contributed by atoms with Crippen LogP contribution in [0.25, 0.3) is 0 Å². The Morgan fingerprint density at radius 2 is 1.68 bits per heavy atom. The summed E-state index contributed by atoms with van der Waals surface area (Å²) in [5.74, 6) is 0.126. The van der Waals surface area contributed by atoms with E-state index in [2.05, 4.69) is 64.0 Å². The first kappa shape index (κ1) is 26.5. The van der Waals surface area contributed by atoms with Crippen LogP contribution in [-0.4, -0.2) is 29.7 Å². The second kappa shape index (κ2) is 10.4. The van der Waals surface area contributed by atoms with E-state index in [9.17, 15) is 5.11 Å². The van der Waals surface area contributed by atoms with Gasteiger partial charge >= 0.3 is 0 Å². The summed E-state index contributed by atoms with van der Waals surface area (Å²) in [5, 5.41) is 13.1. The summed E-state index contributed by atoms with van der Waals surface area (Å²) < 4.78 is 0. The number of hydrogen-bond donors (Lipinski definition) is 1. The first-order valence-corrected chi connectivity index (χ1v) is 11.7. The number of nitrogens with zero attached hydrogens (tertiary/aromatic N) is 1. The molecule has 1 N–H and O–H groups in total. The molecule has 2 aromatic carbocycles. The highest BCUT2D eigenvalue weighted by atomic mass is 35.5. The lowest BCUT2D eigenvalue weighted by Gasteiger charge is -2.46. The fourth-order valence-electron chi connectivity index (χ4n) is 4.98. The Morgan fingerprint density at radius 3 is 2.23 bits per heavy atom. The molecule has 1 aliphatic carbocycles. The molecule has 0 amide bonds. The molecule has 0 saturated heterocycles. The highest BCUT2D eigenvalue weighted by molar-refractivity contribution is 6.42. The van der Waals surface area contributed by atoms with E-state index in [1.54, 1.807) is 0 Å². The number of rotatable bonds is 5. The van der Waals surface area contributed by atoms with Gasteiger partial charge in [0.05, 0.1) is 15.6 Å². The van der Waals surface area contributed by atoms with E-state index in [1.165, 1.54) is 11.1 Å². The summed E-state index contributed by atoms with van der Waals surface area (Å²) in [7, 11) is 4.17. The Kier molecular flexibility index (Phi) is 8.92. The Balaban J connectivity index is 0.00000341. The average molecular weight is 485 g/mol. The molecular formula is C26H36Cl3NO. The molecule has 0 spiro atoms. The maximum Gasteiger partial charge on any atom is 0.0734 e. The van der Waals surface area contributed by atoms with Gasteiger partial charge in [0.15, 0.2) is 0 Å². The van der Waals surface area contributed by atoms with Crippen molar-refractivity contribution >= 4 is 35.6 Å². The number of hydrogen-bond acceptors (Lipinski definition) is 2. The van der Waals surface area contributed by atoms with E-state index in [0.29, 0.717) is 16.5 Å². The molecule has 3 atom stereocenters. The van der Waals surface area contributed by atoms with Gasteiger partial charge < -0.3 is 10.0 Å². The van der Waals surface area contributed by atoms with Crippen LogP contribution in [0.3, 0.4) is 0 Å². The van der Waals surface area contributed by atoms with Crippen LogP contribution in [-0.2, 0) is 11.8 Å². The zero-order chi connectivity index (χ0) is 22.1. The Labute approximate surface area is 204 Å². The van der Waals surface area contributed by atoms with E-state index in [4.69, 9.17) is 23.2 Å². The molecule has 0 heterocycles. The van der Waals surface area contributed by atoms with Gasteiger partial charge in [0.25, 0.3) is 0 Å². The van der Waals surface area contributed by atoms with Crippen molar-refractivity contribution in [2.24, 2.45) is 5.92 Å². The van der Waals surface area contributed by atoms with Crippen LogP contribution in [0, 0.1) is 5.92 Å². The summed E-state index contributed by atoms with van der Waals surface area (Å²) in [6, 6.07) is 14.7. The molecule has 1 fully saturated rings. The third-order valence-electron chi connectivity index (χ3n) is 6.62. The van der Waals surface area contributed by atoms with Gasteiger partial charge in [0.1, 0.15) is 0 Å². The predicted molar refractivity (Wildman–Crippen MR) is 136 cm³/mol. The molecule has 2 aromatic rings. The van der Waals surface area contributed by atoms with Gasteiger partial charge in [-0.2, -0.15) is 0 Å². The van der Waals surface area contributed by atoms with Crippen molar-refractivity contribution in [3.8, 4) is 0 Å². The lowest BCUT2D eigenvalue weighted by molar-refractivity contribution is -0.0770. The first-order chi connectivity index (χ1) is 14.0. The third kappa shape index (κ3) is 6.18. The summed E-state index contributed by atoms with van der Waals surface area (Å²) in [5.41, 5.74) is 3.02. The predicted octanol–water partition coefficient (Wildman–Crippen LogP) is 7.48. The largest absolute Gasteiger partial charge is 0.389 e. The van der Waals surface area contributed by atoms with Crippen LogP contribution >= 0.6 is 35.6 Å². The maximum absolute atomic E-state index is 11.9. The van der Waals surface area contributed by atoms with Crippen molar-refractivity contribution in [1.29, 1.82) is 0 Å². The molecule has 3 unspecified atom stereocenters. The Bertz CT molecular complexity index is 860. The molecule has 0 radical (unpaired) electrons. The second-order valence-electron chi connectivity index (χ2n) is 10.2. The molecule has 31 heavy (non-hydrogen) atoms. The molecule has 172 valence electrons. The number of halogens is 3. The molecule has 1 aliphatic rings. The van der Waals surface area contributed by atoms with Crippen LogP contribution in [0.1, 0.15) is 69.2 Å². The average Bonchev–Trinajstić information content (AvgIpc) is 2.66. The van der Waals surface area contributed by atoms with Crippen molar-refractivity contribution < 1.29 is 5.11 Å². The topological polar surface area (TPSA) is 23.5 Å². The molecule has 3 rings (SSSR count). The normalized spacial score (nSPS) is 22.8. The molecule has 5 heteroatoms. The SMILES string of the molecule is CN(C)C(c1ccc(Cl)c(Cl)c1)C1CCCCC1(O)Cc1ccc(C(C)(C)C)cc1.Cl. The standard InChI is InChI=1S/C26H35Cl2NO.ClH/c1-25(2,3)20-12-9-18(10-13-20)17-26(30)15-7-6-8-21(26)24(29(4)5)19-11-14-22(27)23(28)16-19;/h9-14,16,21,24,30H,6-8,15,17H2,1-5H3;1H. The molecule has 2 nitrogen and oxygen atoms in total. The van der Waals surface area contributed by atoms with Gasteiger partial charge in [-0.3, -0.25) is 0 Å². The maximum atomic E-state index is 11.9. The van der Waals surface area contributed by atoms with Crippen LogP contribution in [0.4, 0.5) is 0 Å². The van der Waals surface area contributed by atoms with E-state index in [1.807, 2.05) is 18.2 Å². The zero-order valence-corrected chi connectivity index (χ0v) is 21.6. The van der Waals surface area contributed by atoms with Crippen molar-refractivity contribution in [2.45, 2.75) is 69.9 Å². The Morgan fingerprint density at radius 1 is 1.03 bits per heavy atom. The second-order valence-corrected chi connectivity index (χ2v) is 11.0. The first-order valence-electron chi connectivity index (χ1n) is 10.9. The summed E-state index contributed by atoms with van der Waals surface area (Å²) >= 11 is 12.5. The van der Waals surface area contributed by atoms with E-state index < -0.39 is 5.60 Å². The summed E-state index contributed by atoms with van der Waals surface area (Å²) in [4.78, 5) is 2.21. The minimum Gasteiger partial charge on any atom is -0.389 e. The van der Waals surface area contributed by atoms with E-state index in [-0.39, 0.29) is 29.8 Å². The molecule has 0 aliphatic heterocycles. The third-order valence-corrected chi connectivity index (χ3v) is 7.36. The smallest absolute Gasteiger partial charge is 0.0734 e. The minimum absolute atomic E-state index is 0. The zero-order valence-electron chi connectivity index (χ0n) is 19.3. The summed E-state index contributed by atoms with van der Waals surface area (Å²) in [6.45, 7) is 6.68. The fraction of sp³-hybridized carbons (Fsp3) is 0.538. The van der Waals surface area contributed by atoms with Crippen molar-refractivity contribution in [1.82, 2.24) is 4.90 Å². The van der Waals surface area contributed by atoms with Crippen LogP contribution < -0.4 is 0 Å². The molecule has 0 bridgehead atoms. The lowest BCUT2D eigenvalue weighted by Crippen LogP contribution is -2.48. The van der Waals surface area contributed by atoms with Gasteiger partial charge in [-0.25, -0.2) is 0 Å². The molecule has 1 saturated carbocycles. The van der Waals surface area contributed by atoms with Crippen LogP contribution in [0.15, 0.2) is 42.5 Å². The van der Waals surface area contributed by atoms with Gasteiger partial charge in [-0.05, 0) is 61.2 Å². The van der Waals surface area contributed by atoms with Gasteiger partial charge in [0, 0.05) is 18.4 Å². The number of aliphatic hydroxyl groups is 1. The number of benzene rings is 2. The van der Waals surface area contributed by atoms with Gasteiger partial charge in [-0.15, -0.1) is 12.4 Å². The van der Waals surface area contributed by atoms with Gasteiger partial charge in [-0.1, -0.05) is 87.1 Å². The van der Waals surface area contributed by atoms with Gasteiger partial charge in [0.2, 0.25) is 0 Å².